The molecule has 2 heterocycles. The number of rotatable bonds is 7. The molecule has 1 aromatic carbocycles. The van der Waals surface area contributed by atoms with Gasteiger partial charge in [-0.3, -0.25) is 9.79 Å². The highest BCUT2D eigenvalue weighted by atomic mass is 127. The number of halogens is 1. The summed E-state index contributed by atoms with van der Waals surface area (Å²) in [6.45, 7) is 2.25. The Morgan fingerprint density at radius 2 is 2.21 bits per heavy atom. The van der Waals surface area contributed by atoms with E-state index < -0.39 is 0 Å². The van der Waals surface area contributed by atoms with Crippen molar-refractivity contribution in [1.29, 1.82) is 0 Å². The van der Waals surface area contributed by atoms with Crippen LogP contribution in [-0.2, 0) is 13.5 Å². The minimum absolute atomic E-state index is 0.0198. The highest BCUT2D eigenvalue weighted by Gasteiger charge is 2.31. The molecule has 2 aromatic rings. The zero-order chi connectivity index (χ0) is 17.2. The Balaban J connectivity index is 1.65. The maximum absolute atomic E-state index is 11.8. The van der Waals surface area contributed by atoms with E-state index in [4.69, 9.17) is 4.99 Å². The van der Waals surface area contributed by atoms with Crippen LogP contribution in [0.5, 0.6) is 0 Å². The second-order valence-electron chi connectivity index (χ2n) is 6.66. The Kier molecular flexibility index (Phi) is 5.59. The van der Waals surface area contributed by atoms with Crippen molar-refractivity contribution in [3.8, 4) is 0 Å². The number of aryl methyl sites for hydroxylation is 2. The zero-order valence-electron chi connectivity index (χ0n) is 14.2. The summed E-state index contributed by atoms with van der Waals surface area (Å²) in [6.07, 6.45) is 10.9. The van der Waals surface area contributed by atoms with Crippen molar-refractivity contribution in [2.75, 3.05) is 4.43 Å². The fourth-order valence-electron chi connectivity index (χ4n) is 3.47. The molecule has 0 bridgehead atoms. The molecule has 0 spiro atoms. The lowest BCUT2D eigenvalue weighted by atomic mass is 9.81. The van der Waals surface area contributed by atoms with Crippen LogP contribution in [0, 0.1) is 5.92 Å². The van der Waals surface area contributed by atoms with E-state index in [2.05, 4.69) is 59.9 Å². The lowest BCUT2D eigenvalue weighted by Crippen LogP contribution is -2.29. The molecule has 128 valence electrons. The Labute approximate surface area is 160 Å². The van der Waals surface area contributed by atoms with Gasteiger partial charge in [-0.1, -0.05) is 46.1 Å². The SMILES string of the molecule is Cn1c(=O)sc2cc(CCCC(CCI)C3(C)C=CC=N3)ccc21. The first-order valence-electron chi connectivity index (χ1n) is 8.41. The van der Waals surface area contributed by atoms with Crippen LogP contribution in [0.1, 0.15) is 31.7 Å². The van der Waals surface area contributed by atoms with Gasteiger partial charge in [0.25, 0.3) is 0 Å². The summed E-state index contributed by atoms with van der Waals surface area (Å²) in [5, 5.41) is 0. The molecule has 2 atom stereocenters. The van der Waals surface area contributed by atoms with Crippen LogP contribution in [0.2, 0.25) is 0 Å². The van der Waals surface area contributed by atoms with Crippen LogP contribution in [0.15, 0.2) is 40.1 Å². The minimum atomic E-state index is -0.0198. The monoisotopic (exact) mass is 454 g/mol. The number of hydrogen-bond donors (Lipinski definition) is 0. The highest BCUT2D eigenvalue weighted by molar-refractivity contribution is 14.1. The van der Waals surface area contributed by atoms with E-state index in [1.165, 1.54) is 34.2 Å². The van der Waals surface area contributed by atoms with Crippen molar-refractivity contribution >= 4 is 50.4 Å². The van der Waals surface area contributed by atoms with Gasteiger partial charge in [0, 0.05) is 13.3 Å². The van der Waals surface area contributed by atoms with Crippen LogP contribution < -0.4 is 4.87 Å². The second-order valence-corrected chi connectivity index (χ2v) is 8.73. The molecule has 1 aliphatic rings. The molecule has 5 heteroatoms. The fraction of sp³-hybridized carbons (Fsp3) is 0.474. The van der Waals surface area contributed by atoms with Crippen molar-refractivity contribution < 1.29 is 0 Å². The third-order valence-electron chi connectivity index (χ3n) is 5.03. The smallest absolute Gasteiger partial charge is 0.302 e. The number of aliphatic imine (C=N–C) groups is 1. The van der Waals surface area contributed by atoms with Gasteiger partial charge in [-0.2, -0.15) is 0 Å². The quantitative estimate of drug-likeness (QED) is 0.439. The van der Waals surface area contributed by atoms with Gasteiger partial charge in [-0.05, 0) is 66.7 Å². The van der Waals surface area contributed by atoms with Gasteiger partial charge in [-0.25, -0.2) is 0 Å². The third kappa shape index (κ3) is 3.67. The van der Waals surface area contributed by atoms with Crippen molar-refractivity contribution in [1.82, 2.24) is 4.57 Å². The summed E-state index contributed by atoms with van der Waals surface area (Å²) in [6, 6.07) is 6.43. The molecule has 3 rings (SSSR count). The molecule has 24 heavy (non-hydrogen) atoms. The maximum Gasteiger partial charge on any atom is 0.307 e. The largest absolute Gasteiger partial charge is 0.307 e. The predicted octanol–water partition coefficient (Wildman–Crippen LogP) is 4.76. The molecule has 1 aliphatic heterocycles. The van der Waals surface area contributed by atoms with Gasteiger partial charge < -0.3 is 4.57 Å². The van der Waals surface area contributed by atoms with Gasteiger partial charge in [0.05, 0.1) is 15.8 Å². The van der Waals surface area contributed by atoms with Crippen LogP contribution >= 0.6 is 33.9 Å². The predicted molar refractivity (Wildman–Crippen MR) is 113 cm³/mol. The number of benzene rings is 1. The van der Waals surface area contributed by atoms with E-state index >= 15 is 0 Å². The van der Waals surface area contributed by atoms with Crippen molar-refractivity contribution in [2.24, 2.45) is 18.0 Å². The molecule has 0 radical (unpaired) electrons. The van der Waals surface area contributed by atoms with E-state index in [0.717, 1.165) is 23.1 Å². The molecule has 1 aromatic heterocycles. The summed E-state index contributed by atoms with van der Waals surface area (Å²) in [7, 11) is 1.84. The van der Waals surface area contributed by atoms with Crippen LogP contribution in [0.4, 0.5) is 0 Å². The summed E-state index contributed by atoms with van der Waals surface area (Å²) >= 11 is 3.81. The Morgan fingerprint density at radius 3 is 2.92 bits per heavy atom. The summed E-state index contributed by atoms with van der Waals surface area (Å²) in [5.74, 6) is 0.598. The van der Waals surface area contributed by atoms with Gasteiger partial charge >= 0.3 is 4.87 Å². The standard InChI is InChI=1S/C19H23IN2OS/c1-19(10-4-12-21-19)15(9-11-20)6-3-5-14-7-8-16-17(13-14)24-18(23)22(16)2/h4,7-8,10,12-13,15H,3,5-6,9,11H2,1-2H3. The van der Waals surface area contributed by atoms with Crippen LogP contribution in [0.25, 0.3) is 10.2 Å². The maximum atomic E-state index is 11.8. The molecule has 2 unspecified atom stereocenters. The third-order valence-corrected chi connectivity index (χ3v) is 6.65. The van der Waals surface area contributed by atoms with Crippen molar-refractivity contribution in [3.05, 3.63) is 45.6 Å². The first-order chi connectivity index (χ1) is 11.5. The van der Waals surface area contributed by atoms with Crippen molar-refractivity contribution in [3.63, 3.8) is 0 Å². The van der Waals surface area contributed by atoms with Crippen LogP contribution in [0.3, 0.4) is 0 Å². The molecule has 0 fully saturated rings. The molecule has 0 saturated carbocycles. The average Bonchev–Trinajstić information content (AvgIpc) is 3.12. The van der Waals surface area contributed by atoms with Gasteiger partial charge in [0.2, 0.25) is 0 Å². The first-order valence-corrected chi connectivity index (χ1v) is 10.8. The highest BCUT2D eigenvalue weighted by Crippen LogP contribution is 2.33. The second kappa shape index (κ2) is 7.52. The van der Waals surface area contributed by atoms with Gasteiger partial charge in [0.15, 0.2) is 0 Å². The molecule has 0 aliphatic carbocycles. The normalized spacial score (nSPS) is 21.0. The molecule has 3 nitrogen and oxygen atoms in total. The lowest BCUT2D eigenvalue weighted by Gasteiger charge is -2.30. The molecule has 0 N–H and O–H groups in total. The lowest BCUT2D eigenvalue weighted by molar-refractivity contribution is 0.329. The summed E-state index contributed by atoms with van der Waals surface area (Å²) in [4.78, 5) is 16.6. The number of nitrogens with zero attached hydrogens (tertiary/aromatic N) is 2. The van der Waals surface area contributed by atoms with E-state index in [0.29, 0.717) is 5.92 Å². The Bertz CT molecular complexity index is 821. The van der Waals surface area contributed by atoms with Crippen LogP contribution in [-0.4, -0.2) is 20.7 Å². The molecular formula is C19H23IN2OS. The first kappa shape index (κ1) is 17.9. The number of thiazole rings is 1. The number of hydrogen-bond acceptors (Lipinski definition) is 3. The van der Waals surface area contributed by atoms with Crippen molar-refractivity contribution in [2.45, 2.75) is 38.1 Å². The summed E-state index contributed by atoms with van der Waals surface area (Å²) < 4.78 is 4.00. The fourth-order valence-corrected chi connectivity index (χ4v) is 5.17. The van der Waals surface area contributed by atoms with Gasteiger partial charge in [-0.15, -0.1) is 0 Å². The average molecular weight is 454 g/mol. The Hall–Kier alpha value is -0.950. The zero-order valence-corrected chi connectivity index (χ0v) is 17.1. The number of allylic oxidation sites excluding steroid dienone is 1. The Morgan fingerprint density at radius 1 is 1.38 bits per heavy atom. The van der Waals surface area contributed by atoms with E-state index in [9.17, 15) is 4.79 Å². The molecular weight excluding hydrogens is 431 g/mol. The van der Waals surface area contributed by atoms with E-state index in [1.807, 2.05) is 13.3 Å². The summed E-state index contributed by atoms with van der Waals surface area (Å²) in [5.41, 5.74) is 2.34. The topological polar surface area (TPSA) is 34.4 Å². The molecule has 0 saturated heterocycles. The van der Waals surface area contributed by atoms with E-state index in [-0.39, 0.29) is 10.4 Å². The van der Waals surface area contributed by atoms with E-state index in [1.54, 1.807) is 4.57 Å². The van der Waals surface area contributed by atoms with Gasteiger partial charge in [0.1, 0.15) is 0 Å². The molecule has 0 amide bonds. The number of alkyl halides is 1. The number of aromatic nitrogens is 1. The minimum Gasteiger partial charge on any atom is -0.302 e. The number of fused-ring (bicyclic) bond motifs is 1.